The maximum absolute atomic E-state index is 12.2. The highest BCUT2D eigenvalue weighted by Crippen LogP contribution is 2.35. The topological polar surface area (TPSA) is 64.7 Å². The molecule has 2 aromatic rings. The third-order valence-electron chi connectivity index (χ3n) is 1.54. The lowest BCUT2D eigenvalue weighted by Crippen LogP contribution is -2.03. The van der Waals surface area contributed by atoms with Gasteiger partial charge in [-0.15, -0.1) is 10.2 Å². The highest BCUT2D eigenvalue weighted by Gasteiger charge is 2.35. The molecule has 0 radical (unpaired) electrons. The summed E-state index contributed by atoms with van der Waals surface area (Å²) >= 11 is 1.58. The van der Waals surface area contributed by atoms with Gasteiger partial charge in [-0.3, -0.25) is 0 Å². The van der Waals surface area contributed by atoms with Crippen molar-refractivity contribution in [2.75, 3.05) is 0 Å². The lowest BCUT2D eigenvalue weighted by Gasteiger charge is -1.97. The van der Waals surface area contributed by atoms with Gasteiger partial charge in [-0.25, -0.2) is 0 Å². The van der Waals surface area contributed by atoms with E-state index >= 15 is 0 Å². The molecule has 0 saturated carbocycles. The highest BCUT2D eigenvalue weighted by molar-refractivity contribution is 8.00. The third-order valence-corrected chi connectivity index (χ3v) is 3.64. The van der Waals surface area contributed by atoms with Gasteiger partial charge in [0.1, 0.15) is 0 Å². The standard InChI is InChI=1S/C7H5F3N4OS2/c1-3-11-4(14-15-3)2-16-6-13-12-5(17-6)7(8,9)10/h2H2,1H3. The number of alkyl halides is 3. The van der Waals surface area contributed by atoms with Crippen LogP contribution < -0.4 is 0 Å². The average Bonchev–Trinajstić information content (AvgIpc) is 2.82. The highest BCUT2D eigenvalue weighted by atomic mass is 32.2. The van der Waals surface area contributed by atoms with E-state index in [1.165, 1.54) is 0 Å². The summed E-state index contributed by atoms with van der Waals surface area (Å²) in [7, 11) is 0. The molecule has 0 bridgehead atoms. The van der Waals surface area contributed by atoms with Crippen LogP contribution >= 0.6 is 23.1 Å². The van der Waals surface area contributed by atoms with Crippen LogP contribution in [0.5, 0.6) is 0 Å². The average molecular weight is 282 g/mol. The molecule has 0 fully saturated rings. The van der Waals surface area contributed by atoms with Crippen LogP contribution in [0.3, 0.4) is 0 Å². The second-order valence-corrected chi connectivity index (χ2v) is 5.09. The van der Waals surface area contributed by atoms with Crippen molar-refractivity contribution in [1.82, 2.24) is 20.3 Å². The molecule has 10 heteroatoms. The number of aromatic nitrogens is 4. The first-order chi connectivity index (χ1) is 7.95. The molecule has 0 aliphatic rings. The van der Waals surface area contributed by atoms with Gasteiger partial charge in [0.25, 0.3) is 0 Å². The van der Waals surface area contributed by atoms with Crippen LogP contribution in [0.1, 0.15) is 16.7 Å². The number of rotatable bonds is 3. The monoisotopic (exact) mass is 282 g/mol. The maximum atomic E-state index is 12.2. The van der Waals surface area contributed by atoms with E-state index in [0.717, 1.165) is 11.8 Å². The van der Waals surface area contributed by atoms with Gasteiger partial charge in [-0.05, 0) is 0 Å². The summed E-state index contributed by atoms with van der Waals surface area (Å²) in [6, 6.07) is 0. The molecule has 0 saturated heterocycles. The Morgan fingerprint density at radius 2 is 2.12 bits per heavy atom. The molecule has 0 aliphatic carbocycles. The Bertz CT molecular complexity index is 509. The van der Waals surface area contributed by atoms with Gasteiger partial charge in [0.15, 0.2) is 10.2 Å². The summed E-state index contributed by atoms with van der Waals surface area (Å²) in [5.74, 6) is 1.12. The second-order valence-electron chi connectivity index (χ2n) is 2.89. The molecule has 0 spiro atoms. The van der Waals surface area contributed by atoms with Gasteiger partial charge in [0.05, 0.1) is 5.75 Å². The molecule has 0 aliphatic heterocycles. The van der Waals surface area contributed by atoms with Crippen molar-refractivity contribution in [3.63, 3.8) is 0 Å². The Labute approximate surface area is 101 Å². The first kappa shape index (κ1) is 12.3. The summed E-state index contributed by atoms with van der Waals surface area (Å²) in [6.45, 7) is 1.63. The van der Waals surface area contributed by atoms with Crippen LogP contribution in [-0.4, -0.2) is 20.3 Å². The summed E-state index contributed by atoms with van der Waals surface area (Å²) < 4.78 is 41.6. The zero-order valence-electron chi connectivity index (χ0n) is 8.35. The molecular weight excluding hydrogens is 277 g/mol. The zero-order chi connectivity index (χ0) is 12.5. The molecule has 0 unspecified atom stereocenters. The predicted molar refractivity (Wildman–Crippen MR) is 53.5 cm³/mol. The Morgan fingerprint density at radius 3 is 2.65 bits per heavy atom. The fourth-order valence-electron chi connectivity index (χ4n) is 0.909. The van der Waals surface area contributed by atoms with Gasteiger partial charge in [-0.1, -0.05) is 28.3 Å². The van der Waals surface area contributed by atoms with Crippen molar-refractivity contribution in [2.45, 2.75) is 23.2 Å². The summed E-state index contributed by atoms with van der Waals surface area (Å²) in [6.07, 6.45) is -4.45. The van der Waals surface area contributed by atoms with E-state index in [9.17, 15) is 13.2 Å². The largest absolute Gasteiger partial charge is 0.445 e. The van der Waals surface area contributed by atoms with Gasteiger partial charge < -0.3 is 4.52 Å². The first-order valence-corrected chi connectivity index (χ1v) is 6.08. The van der Waals surface area contributed by atoms with E-state index in [1.807, 2.05) is 0 Å². The Morgan fingerprint density at radius 1 is 1.35 bits per heavy atom. The molecule has 2 heterocycles. The normalized spacial score (nSPS) is 12.0. The van der Waals surface area contributed by atoms with Crippen molar-refractivity contribution in [1.29, 1.82) is 0 Å². The summed E-state index contributed by atoms with van der Waals surface area (Å²) in [5.41, 5.74) is 0. The maximum Gasteiger partial charge on any atom is 0.445 e. The lowest BCUT2D eigenvalue weighted by atomic mass is 10.7. The van der Waals surface area contributed by atoms with Crippen LogP contribution in [0.25, 0.3) is 0 Å². The third kappa shape index (κ3) is 3.16. The molecule has 17 heavy (non-hydrogen) atoms. The van der Waals surface area contributed by atoms with Crippen LogP contribution in [0.15, 0.2) is 8.86 Å². The first-order valence-electron chi connectivity index (χ1n) is 4.28. The summed E-state index contributed by atoms with van der Waals surface area (Å²) in [4.78, 5) is 3.92. The number of nitrogens with zero attached hydrogens (tertiary/aromatic N) is 4. The zero-order valence-corrected chi connectivity index (χ0v) is 9.99. The fraction of sp³-hybridized carbons (Fsp3) is 0.429. The van der Waals surface area contributed by atoms with E-state index in [2.05, 4.69) is 20.3 Å². The van der Waals surface area contributed by atoms with Crippen LogP contribution in [0.4, 0.5) is 13.2 Å². The number of hydrogen-bond donors (Lipinski definition) is 0. The Kier molecular flexibility index (Phi) is 3.33. The molecule has 0 amide bonds. The van der Waals surface area contributed by atoms with Crippen LogP contribution in [0, 0.1) is 6.92 Å². The van der Waals surface area contributed by atoms with Crippen molar-refractivity contribution in [3.8, 4) is 0 Å². The molecule has 2 rings (SSSR count). The van der Waals surface area contributed by atoms with Gasteiger partial charge in [-0.2, -0.15) is 18.2 Å². The number of thioether (sulfide) groups is 1. The number of halogens is 3. The molecule has 0 N–H and O–H groups in total. The smallest absolute Gasteiger partial charge is 0.340 e. The Balaban J connectivity index is 1.98. The minimum atomic E-state index is -4.45. The van der Waals surface area contributed by atoms with E-state index in [0.29, 0.717) is 28.8 Å². The predicted octanol–water partition coefficient (Wildman–Crippen LogP) is 2.54. The van der Waals surface area contributed by atoms with Crippen molar-refractivity contribution >= 4 is 23.1 Å². The summed E-state index contributed by atoms with van der Waals surface area (Å²) in [5, 5.41) is 9.15. The van der Waals surface area contributed by atoms with E-state index in [1.54, 1.807) is 6.92 Å². The molecule has 2 aromatic heterocycles. The van der Waals surface area contributed by atoms with Gasteiger partial charge in [0, 0.05) is 6.92 Å². The van der Waals surface area contributed by atoms with E-state index in [4.69, 9.17) is 4.52 Å². The lowest BCUT2D eigenvalue weighted by molar-refractivity contribution is -0.138. The van der Waals surface area contributed by atoms with Gasteiger partial charge >= 0.3 is 6.18 Å². The molecule has 5 nitrogen and oxygen atoms in total. The quantitative estimate of drug-likeness (QED) is 0.806. The molecule has 0 atom stereocenters. The SMILES string of the molecule is Cc1nc(CSc2nnc(C(F)(F)F)s2)no1. The number of aryl methyl sites for hydroxylation is 1. The number of hydrogen-bond acceptors (Lipinski definition) is 7. The van der Waals surface area contributed by atoms with E-state index in [-0.39, 0.29) is 4.34 Å². The Hall–Kier alpha value is -1.16. The fourth-order valence-corrected chi connectivity index (χ4v) is 2.47. The molecule has 0 aromatic carbocycles. The van der Waals surface area contributed by atoms with Crippen molar-refractivity contribution < 1.29 is 17.7 Å². The van der Waals surface area contributed by atoms with Crippen LogP contribution in [-0.2, 0) is 11.9 Å². The molecule has 92 valence electrons. The van der Waals surface area contributed by atoms with Crippen molar-refractivity contribution in [3.05, 3.63) is 16.7 Å². The van der Waals surface area contributed by atoms with Crippen molar-refractivity contribution in [2.24, 2.45) is 0 Å². The molecular formula is C7H5F3N4OS2. The second kappa shape index (κ2) is 4.61. The minimum Gasteiger partial charge on any atom is -0.340 e. The minimum absolute atomic E-state index is 0.222. The van der Waals surface area contributed by atoms with Crippen LogP contribution in [0.2, 0.25) is 0 Å². The van der Waals surface area contributed by atoms with Gasteiger partial charge in [0.2, 0.25) is 10.9 Å². The van der Waals surface area contributed by atoms with E-state index < -0.39 is 11.2 Å².